The van der Waals surface area contributed by atoms with Crippen molar-refractivity contribution in [3.05, 3.63) is 0 Å². The van der Waals surface area contributed by atoms with Crippen molar-refractivity contribution >= 4 is 17.8 Å². The van der Waals surface area contributed by atoms with Gasteiger partial charge in [-0.15, -0.1) is 0 Å². The lowest BCUT2D eigenvalue weighted by Crippen LogP contribution is -2.52. The highest BCUT2D eigenvalue weighted by Crippen LogP contribution is 2.20. The van der Waals surface area contributed by atoms with E-state index < -0.39 is 12.0 Å². The third kappa shape index (κ3) is 2.34. The topological polar surface area (TPSA) is 74.7 Å². The molecule has 1 rings (SSSR count). The van der Waals surface area contributed by atoms with Gasteiger partial charge in [-0.1, -0.05) is 13.8 Å². The second-order valence-electron chi connectivity index (χ2n) is 4.04. The fourth-order valence-corrected chi connectivity index (χ4v) is 1.77. The summed E-state index contributed by atoms with van der Waals surface area (Å²) < 4.78 is 0. The molecule has 1 atom stereocenters. The van der Waals surface area contributed by atoms with E-state index in [-0.39, 0.29) is 30.6 Å². The van der Waals surface area contributed by atoms with Gasteiger partial charge in [0.25, 0.3) is 0 Å². The lowest BCUT2D eigenvalue weighted by molar-refractivity contribution is -0.162. The summed E-state index contributed by atoms with van der Waals surface area (Å²) in [7, 11) is 0. The van der Waals surface area contributed by atoms with E-state index in [9.17, 15) is 14.4 Å². The molecule has 5 nitrogen and oxygen atoms in total. The van der Waals surface area contributed by atoms with E-state index in [0.29, 0.717) is 6.42 Å². The summed E-state index contributed by atoms with van der Waals surface area (Å²) in [4.78, 5) is 34.9. The van der Waals surface area contributed by atoms with Gasteiger partial charge in [0.1, 0.15) is 6.04 Å². The smallest absolute Gasteiger partial charge is 0.327 e. The maximum absolute atomic E-state index is 11.5. The van der Waals surface area contributed by atoms with Gasteiger partial charge >= 0.3 is 5.97 Å². The molecule has 1 saturated heterocycles. The molecule has 84 valence electrons. The molecule has 0 aromatic heterocycles. The van der Waals surface area contributed by atoms with Gasteiger partial charge in [-0.05, 0) is 12.3 Å². The molecule has 2 amide bonds. The van der Waals surface area contributed by atoms with Crippen molar-refractivity contribution in [3.63, 3.8) is 0 Å². The van der Waals surface area contributed by atoms with Crippen LogP contribution in [0.4, 0.5) is 0 Å². The average molecular weight is 213 g/mol. The second kappa shape index (κ2) is 4.42. The Morgan fingerprint density at radius 1 is 1.27 bits per heavy atom. The van der Waals surface area contributed by atoms with Gasteiger partial charge in [-0.25, -0.2) is 4.79 Å². The Bertz CT molecular complexity index is 282. The molecule has 15 heavy (non-hydrogen) atoms. The molecule has 0 aliphatic carbocycles. The summed E-state index contributed by atoms with van der Waals surface area (Å²) in [5.41, 5.74) is 0. The zero-order chi connectivity index (χ0) is 11.6. The number of aliphatic carboxylic acids is 1. The monoisotopic (exact) mass is 213 g/mol. The van der Waals surface area contributed by atoms with E-state index >= 15 is 0 Å². The van der Waals surface area contributed by atoms with Crippen molar-refractivity contribution in [2.45, 2.75) is 39.2 Å². The minimum Gasteiger partial charge on any atom is -0.480 e. The highest BCUT2D eigenvalue weighted by Gasteiger charge is 2.38. The first kappa shape index (κ1) is 11.7. The molecule has 0 spiro atoms. The first-order chi connectivity index (χ1) is 6.95. The first-order valence-corrected chi connectivity index (χ1v) is 5.03. The Morgan fingerprint density at radius 2 is 1.73 bits per heavy atom. The van der Waals surface area contributed by atoms with Crippen molar-refractivity contribution < 1.29 is 19.5 Å². The van der Waals surface area contributed by atoms with Crippen LogP contribution in [0.2, 0.25) is 0 Å². The van der Waals surface area contributed by atoms with Crippen LogP contribution < -0.4 is 0 Å². The summed E-state index contributed by atoms with van der Waals surface area (Å²) >= 11 is 0. The molecule has 0 radical (unpaired) electrons. The summed E-state index contributed by atoms with van der Waals surface area (Å²) in [6.45, 7) is 3.38. The van der Waals surface area contributed by atoms with Crippen LogP contribution in [0.1, 0.15) is 33.1 Å². The zero-order valence-electron chi connectivity index (χ0n) is 8.90. The molecule has 1 heterocycles. The van der Waals surface area contributed by atoms with Crippen molar-refractivity contribution in [2.75, 3.05) is 0 Å². The number of carboxylic acid groups (broad SMARTS) is 1. The molecular formula is C10H15NO4. The molecule has 1 aliphatic rings. The number of likely N-dealkylation sites (tertiary alicyclic amines) is 1. The number of piperidine rings is 1. The van der Waals surface area contributed by atoms with Crippen molar-refractivity contribution in [2.24, 2.45) is 5.92 Å². The summed E-state index contributed by atoms with van der Waals surface area (Å²) in [5, 5.41) is 8.99. The van der Waals surface area contributed by atoms with E-state index in [2.05, 4.69) is 0 Å². The summed E-state index contributed by atoms with van der Waals surface area (Å²) in [6.07, 6.45) is 1.06. The van der Waals surface area contributed by atoms with E-state index in [1.54, 1.807) is 13.8 Å². The largest absolute Gasteiger partial charge is 0.480 e. The molecule has 1 N–H and O–H groups in total. The maximum atomic E-state index is 11.5. The number of hydrogen-bond acceptors (Lipinski definition) is 3. The minimum atomic E-state index is -1.12. The van der Waals surface area contributed by atoms with Gasteiger partial charge in [0.2, 0.25) is 11.8 Å². The predicted molar refractivity (Wildman–Crippen MR) is 52.0 cm³/mol. The van der Waals surface area contributed by atoms with E-state index in [1.165, 1.54) is 0 Å². The van der Waals surface area contributed by atoms with Gasteiger partial charge < -0.3 is 5.11 Å². The Morgan fingerprint density at radius 3 is 2.07 bits per heavy atom. The number of imide groups is 1. The maximum Gasteiger partial charge on any atom is 0.327 e. The molecule has 0 aromatic rings. The van der Waals surface area contributed by atoms with Crippen molar-refractivity contribution in [3.8, 4) is 0 Å². The van der Waals surface area contributed by atoms with Crippen LogP contribution in [0.3, 0.4) is 0 Å². The summed E-state index contributed by atoms with van der Waals surface area (Å²) in [5.74, 6) is -2.12. The standard InChI is InChI=1S/C10H15NO4/c1-6(2)9(10(14)15)11-7(12)4-3-5-8(11)13/h6,9H,3-5H2,1-2H3,(H,14,15). The number of amides is 2. The third-order valence-corrected chi connectivity index (χ3v) is 2.48. The van der Waals surface area contributed by atoms with Crippen LogP contribution in [0, 0.1) is 5.92 Å². The van der Waals surface area contributed by atoms with Gasteiger partial charge in [0, 0.05) is 12.8 Å². The summed E-state index contributed by atoms with van der Waals surface area (Å²) in [6, 6.07) is -1.02. The molecule has 0 bridgehead atoms. The Hall–Kier alpha value is -1.39. The minimum absolute atomic E-state index is 0.266. The van der Waals surface area contributed by atoms with Gasteiger partial charge in [0.15, 0.2) is 0 Å². The Balaban J connectivity index is 2.94. The molecule has 0 saturated carbocycles. The molecule has 1 aliphatic heterocycles. The van der Waals surface area contributed by atoms with Crippen molar-refractivity contribution in [1.29, 1.82) is 0 Å². The third-order valence-electron chi connectivity index (χ3n) is 2.48. The van der Waals surface area contributed by atoms with Crippen molar-refractivity contribution in [1.82, 2.24) is 4.90 Å². The number of carbonyl (C=O) groups is 3. The lowest BCUT2D eigenvalue weighted by atomic mass is 9.99. The van der Waals surface area contributed by atoms with Crippen LogP contribution in [-0.2, 0) is 14.4 Å². The highest BCUT2D eigenvalue weighted by molar-refractivity contribution is 6.01. The van der Waals surface area contributed by atoms with Crippen LogP contribution in [0.15, 0.2) is 0 Å². The van der Waals surface area contributed by atoms with Gasteiger partial charge in [0.05, 0.1) is 0 Å². The average Bonchev–Trinajstić information content (AvgIpc) is 2.09. The van der Waals surface area contributed by atoms with Gasteiger partial charge in [-0.3, -0.25) is 14.5 Å². The van der Waals surface area contributed by atoms with E-state index in [4.69, 9.17) is 5.11 Å². The van der Waals surface area contributed by atoms with E-state index in [0.717, 1.165) is 4.90 Å². The van der Waals surface area contributed by atoms with Crippen LogP contribution in [0.5, 0.6) is 0 Å². The fraction of sp³-hybridized carbons (Fsp3) is 0.700. The molecule has 1 fully saturated rings. The number of carboxylic acids is 1. The van der Waals surface area contributed by atoms with E-state index in [1.807, 2.05) is 0 Å². The van der Waals surface area contributed by atoms with Crippen LogP contribution in [-0.4, -0.2) is 33.8 Å². The Kier molecular flexibility index (Phi) is 3.44. The second-order valence-corrected chi connectivity index (χ2v) is 4.04. The Labute approximate surface area is 88.1 Å². The quantitative estimate of drug-likeness (QED) is 0.698. The lowest BCUT2D eigenvalue weighted by Gasteiger charge is -2.32. The van der Waals surface area contributed by atoms with Crippen LogP contribution in [0.25, 0.3) is 0 Å². The predicted octanol–water partition coefficient (Wildman–Crippen LogP) is 0.635. The van der Waals surface area contributed by atoms with Gasteiger partial charge in [-0.2, -0.15) is 0 Å². The molecular weight excluding hydrogens is 198 g/mol. The fourth-order valence-electron chi connectivity index (χ4n) is 1.77. The number of hydrogen-bond donors (Lipinski definition) is 1. The van der Waals surface area contributed by atoms with Crippen LogP contribution >= 0.6 is 0 Å². The SMILES string of the molecule is CC(C)C(C(=O)O)N1C(=O)CCCC1=O. The molecule has 5 heteroatoms. The number of rotatable bonds is 3. The molecule has 1 unspecified atom stereocenters. The highest BCUT2D eigenvalue weighted by atomic mass is 16.4. The first-order valence-electron chi connectivity index (χ1n) is 5.03. The normalized spacial score (nSPS) is 19.5. The number of nitrogens with zero attached hydrogens (tertiary/aromatic N) is 1. The zero-order valence-corrected chi connectivity index (χ0v) is 8.90. The molecule has 0 aromatic carbocycles. The number of carbonyl (C=O) groups excluding carboxylic acids is 2.